The first-order valence-electron chi connectivity index (χ1n) is 11.8. The Hall–Kier alpha value is -3.50. The minimum atomic E-state index is -1.74. The fraction of sp³-hybridized carbons (Fsp3) is 0.423. The highest BCUT2D eigenvalue weighted by Gasteiger charge is 2.45. The molecule has 9 nitrogen and oxygen atoms in total. The Morgan fingerprint density at radius 2 is 1.89 bits per heavy atom. The second kappa shape index (κ2) is 12.5. The van der Waals surface area contributed by atoms with Crippen LogP contribution in [-0.2, 0) is 20.7 Å². The van der Waals surface area contributed by atoms with Crippen molar-refractivity contribution in [2.24, 2.45) is 0 Å². The maximum absolute atomic E-state index is 14.6. The Bertz CT molecular complexity index is 1070. The number of halogens is 1. The molecule has 3 amide bonds. The van der Waals surface area contributed by atoms with Crippen LogP contribution in [0.15, 0.2) is 48.5 Å². The van der Waals surface area contributed by atoms with Gasteiger partial charge in [0.25, 0.3) is 11.8 Å². The van der Waals surface area contributed by atoms with E-state index in [1.165, 1.54) is 25.3 Å². The normalized spacial score (nSPS) is 18.9. The molecule has 1 saturated heterocycles. The highest BCUT2D eigenvalue weighted by molar-refractivity contribution is 5.97. The number of carbonyl (C=O) groups is 3. The number of nitrogens with zero attached hydrogens (tertiary/aromatic N) is 1. The lowest BCUT2D eigenvalue weighted by atomic mass is 9.98. The number of likely N-dealkylation sites (tertiary alicyclic amines) is 1. The molecule has 4 N–H and O–H groups in total. The average Bonchev–Trinajstić information content (AvgIpc) is 3.26. The molecule has 4 atom stereocenters. The number of benzene rings is 2. The lowest BCUT2D eigenvalue weighted by Crippen LogP contribution is -2.57. The second-order valence-corrected chi connectivity index (χ2v) is 8.73. The predicted octanol–water partition coefficient (Wildman–Crippen LogP) is 1.10. The van der Waals surface area contributed by atoms with Gasteiger partial charge in [-0.1, -0.05) is 36.4 Å². The maximum Gasteiger partial charge on any atom is 0.254 e. The van der Waals surface area contributed by atoms with Crippen LogP contribution < -0.4 is 10.6 Å². The topological polar surface area (TPSA) is 128 Å². The van der Waals surface area contributed by atoms with Crippen LogP contribution >= 0.6 is 0 Å². The smallest absolute Gasteiger partial charge is 0.254 e. The SMILES string of the molecule is COCCNC(=O)C1[C@H](F)CCN1C(=O)[C@@H](O)[C@H](Cc1ccccc1)NC(=O)c1cccc(O)c1C. The van der Waals surface area contributed by atoms with Crippen LogP contribution in [0.4, 0.5) is 4.39 Å². The summed E-state index contributed by atoms with van der Waals surface area (Å²) in [6, 6.07) is 11.0. The third-order valence-electron chi connectivity index (χ3n) is 6.28. The van der Waals surface area contributed by atoms with Crippen molar-refractivity contribution in [3.8, 4) is 5.75 Å². The number of hydrogen-bond acceptors (Lipinski definition) is 6. The number of aromatic hydroxyl groups is 1. The molecule has 0 aliphatic carbocycles. The monoisotopic (exact) mass is 501 g/mol. The van der Waals surface area contributed by atoms with Crippen LogP contribution in [0.2, 0.25) is 0 Å². The van der Waals surface area contributed by atoms with Gasteiger partial charge in [0.1, 0.15) is 18.0 Å². The maximum atomic E-state index is 14.6. The molecule has 2 aromatic rings. The van der Waals surface area contributed by atoms with Crippen molar-refractivity contribution >= 4 is 17.7 Å². The van der Waals surface area contributed by atoms with E-state index in [-0.39, 0.29) is 43.9 Å². The molecular formula is C26H32FN3O6. The van der Waals surface area contributed by atoms with Crippen LogP contribution in [-0.4, -0.2) is 84.0 Å². The van der Waals surface area contributed by atoms with E-state index in [9.17, 15) is 29.0 Å². The fourth-order valence-corrected chi connectivity index (χ4v) is 4.26. The number of phenolic OH excluding ortho intramolecular Hbond substituents is 1. The van der Waals surface area contributed by atoms with E-state index in [1.54, 1.807) is 31.2 Å². The molecule has 1 fully saturated rings. The van der Waals surface area contributed by atoms with Gasteiger partial charge in [-0.25, -0.2) is 4.39 Å². The number of methoxy groups -OCH3 is 1. The number of alkyl halides is 1. The highest BCUT2D eigenvalue weighted by atomic mass is 19.1. The van der Waals surface area contributed by atoms with Gasteiger partial charge in [0, 0.05) is 31.3 Å². The number of hydrogen-bond donors (Lipinski definition) is 4. The average molecular weight is 502 g/mol. The van der Waals surface area contributed by atoms with Gasteiger partial charge in [-0.2, -0.15) is 0 Å². The number of aliphatic hydroxyl groups is 1. The lowest BCUT2D eigenvalue weighted by molar-refractivity contribution is -0.147. The van der Waals surface area contributed by atoms with Gasteiger partial charge >= 0.3 is 0 Å². The Morgan fingerprint density at radius 1 is 1.17 bits per heavy atom. The summed E-state index contributed by atoms with van der Waals surface area (Å²) in [4.78, 5) is 40.0. The number of phenols is 1. The Morgan fingerprint density at radius 3 is 2.58 bits per heavy atom. The van der Waals surface area contributed by atoms with Gasteiger partial charge < -0.3 is 30.5 Å². The van der Waals surface area contributed by atoms with E-state index >= 15 is 0 Å². The third-order valence-corrected chi connectivity index (χ3v) is 6.28. The first-order valence-corrected chi connectivity index (χ1v) is 11.8. The first kappa shape index (κ1) is 27.1. The van der Waals surface area contributed by atoms with E-state index in [0.29, 0.717) is 5.56 Å². The number of aliphatic hydroxyl groups excluding tert-OH is 1. The number of rotatable bonds is 10. The summed E-state index contributed by atoms with van der Waals surface area (Å²) in [5, 5.41) is 26.3. The molecule has 0 bridgehead atoms. The van der Waals surface area contributed by atoms with E-state index in [0.717, 1.165) is 10.5 Å². The molecular weight excluding hydrogens is 469 g/mol. The van der Waals surface area contributed by atoms with E-state index in [4.69, 9.17) is 4.74 Å². The van der Waals surface area contributed by atoms with Crippen molar-refractivity contribution in [1.82, 2.24) is 15.5 Å². The Labute approximate surface area is 209 Å². The van der Waals surface area contributed by atoms with Gasteiger partial charge in [0.15, 0.2) is 6.10 Å². The van der Waals surface area contributed by atoms with Crippen LogP contribution in [0.25, 0.3) is 0 Å². The molecule has 36 heavy (non-hydrogen) atoms. The zero-order valence-corrected chi connectivity index (χ0v) is 20.3. The minimum absolute atomic E-state index is 0.0426. The van der Waals surface area contributed by atoms with Crippen molar-refractivity contribution in [2.45, 2.75) is 44.1 Å². The van der Waals surface area contributed by atoms with Crippen molar-refractivity contribution in [3.63, 3.8) is 0 Å². The summed E-state index contributed by atoms with van der Waals surface area (Å²) in [6.07, 6.45) is -3.26. The van der Waals surface area contributed by atoms with Crippen LogP contribution in [0, 0.1) is 6.92 Å². The molecule has 0 spiro atoms. The largest absolute Gasteiger partial charge is 0.508 e. The summed E-state index contributed by atoms with van der Waals surface area (Å²) in [7, 11) is 1.46. The van der Waals surface area contributed by atoms with Gasteiger partial charge in [-0.15, -0.1) is 0 Å². The number of amides is 3. The lowest BCUT2D eigenvalue weighted by Gasteiger charge is -2.30. The minimum Gasteiger partial charge on any atom is -0.508 e. The van der Waals surface area contributed by atoms with Crippen LogP contribution in [0.5, 0.6) is 5.75 Å². The number of carbonyl (C=O) groups excluding carboxylic acids is 3. The van der Waals surface area contributed by atoms with Crippen molar-refractivity contribution < 1.29 is 33.7 Å². The van der Waals surface area contributed by atoms with Crippen molar-refractivity contribution in [1.29, 1.82) is 0 Å². The molecule has 0 radical (unpaired) electrons. The molecule has 2 aromatic carbocycles. The van der Waals surface area contributed by atoms with Gasteiger partial charge in [0.05, 0.1) is 12.6 Å². The van der Waals surface area contributed by atoms with E-state index in [2.05, 4.69) is 10.6 Å². The quantitative estimate of drug-likeness (QED) is 0.361. The highest BCUT2D eigenvalue weighted by Crippen LogP contribution is 2.24. The second-order valence-electron chi connectivity index (χ2n) is 8.73. The van der Waals surface area contributed by atoms with Crippen molar-refractivity contribution in [2.75, 3.05) is 26.8 Å². The summed E-state index contributed by atoms with van der Waals surface area (Å²) in [5.41, 5.74) is 1.29. The zero-order valence-electron chi connectivity index (χ0n) is 20.3. The molecule has 1 aliphatic heterocycles. The Balaban J connectivity index is 1.82. The first-order chi connectivity index (χ1) is 17.2. The van der Waals surface area contributed by atoms with E-state index in [1.807, 2.05) is 6.07 Å². The summed E-state index contributed by atoms with van der Waals surface area (Å²) >= 11 is 0. The van der Waals surface area contributed by atoms with Crippen molar-refractivity contribution in [3.05, 3.63) is 65.2 Å². The number of ether oxygens (including phenoxy) is 1. The van der Waals surface area contributed by atoms with Gasteiger partial charge in [0.2, 0.25) is 5.91 Å². The number of nitrogens with one attached hydrogen (secondary N) is 2. The summed E-state index contributed by atoms with van der Waals surface area (Å²) in [6.45, 7) is 1.91. The zero-order chi connectivity index (χ0) is 26.2. The molecule has 0 aromatic heterocycles. The summed E-state index contributed by atoms with van der Waals surface area (Å²) < 4.78 is 19.5. The molecule has 1 aliphatic rings. The van der Waals surface area contributed by atoms with E-state index < -0.39 is 42.1 Å². The predicted molar refractivity (Wildman–Crippen MR) is 130 cm³/mol. The molecule has 0 saturated carbocycles. The third kappa shape index (κ3) is 6.38. The van der Waals surface area contributed by atoms with Gasteiger partial charge in [-0.3, -0.25) is 14.4 Å². The van der Waals surface area contributed by atoms with Crippen LogP contribution in [0.1, 0.15) is 27.9 Å². The standard InChI is InChI=1S/C26H32FN3O6/c1-16-18(9-6-10-21(16)31)24(33)29-20(15-17-7-4-3-5-8-17)23(32)26(35)30-13-11-19(27)22(30)25(34)28-12-14-36-2/h3-10,19-20,22-23,31-32H,11-15H2,1-2H3,(H,28,34)(H,29,33)/t19-,20+,22?,23+/m1/s1. The van der Waals surface area contributed by atoms with Crippen LogP contribution in [0.3, 0.4) is 0 Å². The molecule has 194 valence electrons. The fourth-order valence-electron chi connectivity index (χ4n) is 4.26. The molecule has 1 heterocycles. The Kier molecular flexibility index (Phi) is 9.38. The molecule has 1 unspecified atom stereocenters. The molecule has 3 rings (SSSR count). The summed E-state index contributed by atoms with van der Waals surface area (Å²) in [5.74, 6) is -2.17. The molecule has 10 heteroatoms. The van der Waals surface area contributed by atoms with Gasteiger partial charge in [-0.05, 0) is 37.5 Å².